The second kappa shape index (κ2) is 4.00. The number of aliphatic hydroxyl groups is 1. The fraction of sp³-hybridized carbons (Fsp3) is 0.500. The van der Waals surface area contributed by atoms with Crippen LogP contribution in [0.2, 0.25) is 0 Å². The van der Waals surface area contributed by atoms with Crippen LogP contribution in [0.5, 0.6) is 0 Å². The van der Waals surface area contributed by atoms with E-state index in [0.717, 1.165) is 6.07 Å². The average molecular weight is 248 g/mol. The summed E-state index contributed by atoms with van der Waals surface area (Å²) in [5.41, 5.74) is 0. The first-order chi connectivity index (χ1) is 7.10. The van der Waals surface area contributed by atoms with Crippen LogP contribution in [0, 0.1) is 0 Å². The molecule has 8 heteroatoms. The van der Waals surface area contributed by atoms with Gasteiger partial charge in [-0.1, -0.05) is 0 Å². The number of furan rings is 1. The second-order valence-electron chi connectivity index (χ2n) is 3.03. The van der Waals surface area contributed by atoms with Gasteiger partial charge in [0.1, 0.15) is 5.76 Å². The maximum atomic E-state index is 12.0. The molecule has 1 rings (SSSR count). The van der Waals surface area contributed by atoms with Crippen molar-refractivity contribution in [1.29, 1.82) is 0 Å². The van der Waals surface area contributed by atoms with Crippen LogP contribution in [0.25, 0.3) is 0 Å². The molecule has 0 amide bonds. The molecule has 1 unspecified atom stereocenters. The highest BCUT2D eigenvalue weighted by Gasteiger charge is 2.40. The van der Waals surface area contributed by atoms with Crippen molar-refractivity contribution in [3.8, 4) is 0 Å². The monoisotopic (exact) mass is 248 g/mol. The van der Waals surface area contributed by atoms with E-state index in [1.807, 2.05) is 0 Å². The number of hydrogen-bond acceptors (Lipinski definition) is 2. The first-order valence-corrected chi connectivity index (χ1v) is 4.01. The van der Waals surface area contributed by atoms with E-state index in [0.29, 0.717) is 6.07 Å². The van der Waals surface area contributed by atoms with Crippen LogP contribution in [0.15, 0.2) is 16.5 Å². The lowest BCUT2D eigenvalue weighted by Gasteiger charge is -2.12. The number of alkyl halides is 6. The molecular weight excluding hydrogens is 242 g/mol. The van der Waals surface area contributed by atoms with Crippen LogP contribution in [0.4, 0.5) is 26.3 Å². The van der Waals surface area contributed by atoms with Crippen LogP contribution >= 0.6 is 0 Å². The maximum absolute atomic E-state index is 12.0. The standard InChI is InChI=1S/C8H6F6O2/c9-7(10,11)5(15)3-4-1-2-6(16-4)8(12,13)14/h1-2,5,15H,3H2. The van der Waals surface area contributed by atoms with Crippen LogP contribution < -0.4 is 0 Å². The molecule has 0 saturated heterocycles. The Morgan fingerprint density at radius 2 is 1.69 bits per heavy atom. The van der Waals surface area contributed by atoms with E-state index in [-0.39, 0.29) is 0 Å². The highest BCUT2D eigenvalue weighted by Crippen LogP contribution is 2.31. The van der Waals surface area contributed by atoms with E-state index in [2.05, 4.69) is 4.42 Å². The lowest BCUT2D eigenvalue weighted by Crippen LogP contribution is -2.30. The van der Waals surface area contributed by atoms with Gasteiger partial charge >= 0.3 is 12.4 Å². The summed E-state index contributed by atoms with van der Waals surface area (Å²) < 4.78 is 75.7. The summed E-state index contributed by atoms with van der Waals surface area (Å²) in [4.78, 5) is 0. The third kappa shape index (κ3) is 3.16. The first kappa shape index (κ1) is 12.9. The van der Waals surface area contributed by atoms with Crippen molar-refractivity contribution < 1.29 is 35.9 Å². The molecule has 0 spiro atoms. The number of rotatable bonds is 2. The van der Waals surface area contributed by atoms with Crippen LogP contribution in [0.1, 0.15) is 11.5 Å². The summed E-state index contributed by atoms with van der Waals surface area (Å²) in [6, 6.07) is 1.26. The van der Waals surface area contributed by atoms with Gasteiger partial charge in [-0.3, -0.25) is 0 Å². The summed E-state index contributed by atoms with van der Waals surface area (Å²) in [5.74, 6) is -1.96. The van der Waals surface area contributed by atoms with Crippen LogP contribution in [-0.4, -0.2) is 17.4 Å². The molecule has 0 aliphatic heterocycles. The zero-order valence-corrected chi connectivity index (χ0v) is 7.56. The van der Waals surface area contributed by atoms with E-state index in [9.17, 15) is 26.3 Å². The van der Waals surface area contributed by atoms with E-state index < -0.39 is 36.4 Å². The van der Waals surface area contributed by atoms with Gasteiger partial charge < -0.3 is 9.52 Å². The quantitative estimate of drug-likeness (QED) is 0.816. The van der Waals surface area contributed by atoms with Crippen LogP contribution in [0.3, 0.4) is 0 Å². The van der Waals surface area contributed by atoms with Gasteiger partial charge in [-0.15, -0.1) is 0 Å². The minimum atomic E-state index is -4.88. The van der Waals surface area contributed by atoms with Crippen molar-refractivity contribution in [2.24, 2.45) is 0 Å². The van der Waals surface area contributed by atoms with Gasteiger partial charge in [0.25, 0.3) is 0 Å². The summed E-state index contributed by atoms with van der Waals surface area (Å²) in [5, 5.41) is 8.58. The topological polar surface area (TPSA) is 33.4 Å². The Morgan fingerprint density at radius 3 is 2.06 bits per heavy atom. The first-order valence-electron chi connectivity index (χ1n) is 4.01. The van der Waals surface area contributed by atoms with Crippen molar-refractivity contribution >= 4 is 0 Å². The average Bonchev–Trinajstić information content (AvgIpc) is 2.49. The fourth-order valence-corrected chi connectivity index (χ4v) is 0.946. The Morgan fingerprint density at radius 1 is 1.12 bits per heavy atom. The minimum Gasteiger partial charge on any atom is -0.456 e. The number of aliphatic hydroxyl groups excluding tert-OH is 1. The Bertz CT molecular complexity index is 350. The molecule has 1 heterocycles. The molecule has 1 aromatic heterocycles. The highest BCUT2D eigenvalue weighted by molar-refractivity contribution is 5.10. The summed E-state index contributed by atoms with van der Waals surface area (Å²) >= 11 is 0. The molecule has 2 nitrogen and oxygen atoms in total. The van der Waals surface area contributed by atoms with E-state index in [4.69, 9.17) is 5.11 Å². The molecule has 1 aromatic rings. The molecule has 0 saturated carbocycles. The van der Waals surface area contributed by atoms with Gasteiger partial charge in [0.15, 0.2) is 6.10 Å². The molecule has 1 N–H and O–H groups in total. The highest BCUT2D eigenvalue weighted by atomic mass is 19.4. The van der Waals surface area contributed by atoms with Gasteiger partial charge in [-0.05, 0) is 12.1 Å². The lowest BCUT2D eigenvalue weighted by atomic mass is 10.2. The summed E-state index contributed by atoms with van der Waals surface area (Å²) in [6.45, 7) is 0. The van der Waals surface area contributed by atoms with Crippen molar-refractivity contribution in [3.05, 3.63) is 23.7 Å². The normalized spacial score (nSPS) is 15.2. The lowest BCUT2D eigenvalue weighted by molar-refractivity contribution is -0.204. The molecule has 0 fully saturated rings. The predicted octanol–water partition coefficient (Wildman–Crippen LogP) is 2.76. The zero-order valence-electron chi connectivity index (χ0n) is 7.56. The molecule has 0 aliphatic rings. The summed E-state index contributed by atoms with van der Waals surface area (Å²) in [6.07, 6.45) is -13.4. The Balaban J connectivity index is 2.74. The molecule has 0 aromatic carbocycles. The Hall–Kier alpha value is -1.18. The molecule has 92 valence electrons. The third-order valence-electron chi connectivity index (χ3n) is 1.71. The predicted molar refractivity (Wildman–Crippen MR) is 39.5 cm³/mol. The maximum Gasteiger partial charge on any atom is 0.449 e. The molecule has 1 atom stereocenters. The largest absolute Gasteiger partial charge is 0.456 e. The van der Waals surface area contributed by atoms with Gasteiger partial charge in [0.2, 0.25) is 5.76 Å². The molecule has 0 aliphatic carbocycles. The van der Waals surface area contributed by atoms with Crippen LogP contribution in [-0.2, 0) is 12.6 Å². The second-order valence-corrected chi connectivity index (χ2v) is 3.03. The van der Waals surface area contributed by atoms with Gasteiger partial charge in [-0.25, -0.2) is 0 Å². The zero-order chi connectivity index (χ0) is 12.6. The van der Waals surface area contributed by atoms with Crippen molar-refractivity contribution in [1.82, 2.24) is 0 Å². The van der Waals surface area contributed by atoms with E-state index >= 15 is 0 Å². The van der Waals surface area contributed by atoms with Crippen molar-refractivity contribution in [3.63, 3.8) is 0 Å². The molecule has 0 bridgehead atoms. The van der Waals surface area contributed by atoms with Crippen molar-refractivity contribution in [2.75, 3.05) is 0 Å². The molecule has 0 radical (unpaired) electrons. The number of hydrogen-bond donors (Lipinski definition) is 1. The Kier molecular flexibility index (Phi) is 3.22. The van der Waals surface area contributed by atoms with Crippen molar-refractivity contribution in [2.45, 2.75) is 24.9 Å². The van der Waals surface area contributed by atoms with Gasteiger partial charge in [0.05, 0.1) is 0 Å². The summed E-state index contributed by atoms with van der Waals surface area (Å²) in [7, 11) is 0. The van der Waals surface area contributed by atoms with E-state index in [1.54, 1.807) is 0 Å². The van der Waals surface area contributed by atoms with Gasteiger partial charge in [0, 0.05) is 6.42 Å². The third-order valence-corrected chi connectivity index (χ3v) is 1.71. The molecule has 16 heavy (non-hydrogen) atoms. The Labute approximate surface area is 85.5 Å². The minimum absolute atomic E-state index is 0.512. The van der Waals surface area contributed by atoms with Gasteiger partial charge in [-0.2, -0.15) is 26.3 Å². The SMILES string of the molecule is OC(Cc1ccc(C(F)(F)F)o1)C(F)(F)F. The van der Waals surface area contributed by atoms with E-state index in [1.165, 1.54) is 0 Å². The fourth-order valence-electron chi connectivity index (χ4n) is 0.946. The smallest absolute Gasteiger partial charge is 0.449 e. The number of halogens is 6. The molecular formula is C8H6F6O2.